The Balaban J connectivity index is 1.95. The maximum absolute atomic E-state index is 13.3. The van der Waals surface area contributed by atoms with E-state index >= 15 is 0 Å². The fourth-order valence-electron chi connectivity index (χ4n) is 3.29. The lowest BCUT2D eigenvalue weighted by molar-refractivity contribution is -0.141. The molecule has 2 aromatic heterocycles. The van der Waals surface area contributed by atoms with Crippen LogP contribution in [0.1, 0.15) is 37.6 Å². The Bertz CT molecular complexity index is 749. The average molecular weight is 328 g/mol. The first-order chi connectivity index (χ1) is 10.9. The van der Waals surface area contributed by atoms with Gasteiger partial charge < -0.3 is 0 Å². The van der Waals surface area contributed by atoms with Crippen LogP contribution >= 0.6 is 0 Å². The van der Waals surface area contributed by atoms with E-state index in [1.165, 1.54) is 12.1 Å². The number of hydrogen-bond donors (Lipinski definition) is 1. The third-order valence-corrected chi connectivity index (χ3v) is 4.31. The number of aromatic amines is 1. The lowest BCUT2D eigenvalue weighted by Crippen LogP contribution is -2.24. The summed E-state index contributed by atoms with van der Waals surface area (Å²) in [5, 5.41) is 2.43. The fraction of sp³-hybridized carbons (Fsp3) is 0.600. The fourth-order valence-corrected chi connectivity index (χ4v) is 3.29. The summed E-state index contributed by atoms with van der Waals surface area (Å²) in [5.41, 5.74) is -1.26. The number of fused-ring (bicyclic) bond motifs is 1. The van der Waals surface area contributed by atoms with Crippen molar-refractivity contribution in [2.75, 3.05) is 13.1 Å². The van der Waals surface area contributed by atoms with Crippen molar-refractivity contribution in [1.29, 1.82) is 0 Å². The summed E-state index contributed by atoms with van der Waals surface area (Å²) in [7, 11) is 0. The zero-order chi connectivity index (χ0) is 16.6. The van der Waals surface area contributed by atoms with Crippen molar-refractivity contribution in [3.63, 3.8) is 0 Å². The standard InChI is InChI=1S/C15H19F3N4O/c1-2-3-10-6-7-21(8-10)9-11-14(15(16,17)18)19-12-4-5-13(23)20-22(11)12/h4-5,10H,2-3,6-9H2,1H3,(H,20,23). The molecule has 2 aromatic rings. The Kier molecular flexibility index (Phi) is 4.18. The van der Waals surface area contributed by atoms with E-state index in [9.17, 15) is 18.0 Å². The SMILES string of the molecule is CCCC1CCN(Cc2c(C(F)(F)F)nc3ccc(=O)[nH]n23)C1. The van der Waals surface area contributed by atoms with E-state index < -0.39 is 17.4 Å². The molecule has 0 bridgehead atoms. The van der Waals surface area contributed by atoms with Crippen LogP contribution in [-0.2, 0) is 12.7 Å². The molecule has 0 saturated carbocycles. The highest BCUT2D eigenvalue weighted by atomic mass is 19.4. The van der Waals surface area contributed by atoms with Crippen LogP contribution in [-0.4, -0.2) is 32.6 Å². The molecule has 0 spiro atoms. The van der Waals surface area contributed by atoms with Crippen molar-refractivity contribution in [2.24, 2.45) is 5.92 Å². The highest BCUT2D eigenvalue weighted by molar-refractivity contribution is 5.42. The van der Waals surface area contributed by atoms with Crippen LogP contribution in [0.2, 0.25) is 0 Å². The van der Waals surface area contributed by atoms with Crippen LogP contribution in [0.15, 0.2) is 16.9 Å². The van der Waals surface area contributed by atoms with E-state index in [2.05, 4.69) is 17.0 Å². The average Bonchev–Trinajstić information content (AvgIpc) is 3.04. The summed E-state index contributed by atoms with van der Waals surface area (Å²) in [6.45, 7) is 3.80. The molecule has 0 amide bonds. The van der Waals surface area contributed by atoms with Gasteiger partial charge in [0.2, 0.25) is 0 Å². The first-order valence-electron chi connectivity index (χ1n) is 7.78. The Morgan fingerprint density at radius 3 is 2.87 bits per heavy atom. The zero-order valence-corrected chi connectivity index (χ0v) is 12.9. The predicted octanol–water partition coefficient (Wildman–Crippen LogP) is 2.66. The van der Waals surface area contributed by atoms with Crippen LogP contribution in [0, 0.1) is 5.92 Å². The van der Waals surface area contributed by atoms with Gasteiger partial charge in [-0.2, -0.15) is 13.2 Å². The molecule has 1 aliphatic rings. The molecule has 1 fully saturated rings. The largest absolute Gasteiger partial charge is 0.435 e. The van der Waals surface area contributed by atoms with E-state index in [0.717, 1.165) is 36.9 Å². The number of likely N-dealkylation sites (tertiary alicyclic amines) is 1. The molecule has 0 aliphatic carbocycles. The number of aromatic nitrogens is 3. The third kappa shape index (κ3) is 3.26. The third-order valence-electron chi connectivity index (χ3n) is 4.31. The van der Waals surface area contributed by atoms with Gasteiger partial charge >= 0.3 is 6.18 Å². The summed E-state index contributed by atoms with van der Waals surface area (Å²) in [6, 6.07) is 2.49. The van der Waals surface area contributed by atoms with E-state index in [0.29, 0.717) is 5.92 Å². The molecule has 1 N–H and O–H groups in total. The van der Waals surface area contributed by atoms with Gasteiger partial charge in [-0.1, -0.05) is 13.3 Å². The summed E-state index contributed by atoms with van der Waals surface area (Å²) in [6.07, 6.45) is -1.37. The summed E-state index contributed by atoms with van der Waals surface area (Å²) in [4.78, 5) is 17.1. The molecular weight excluding hydrogens is 309 g/mol. The highest BCUT2D eigenvalue weighted by Crippen LogP contribution is 2.33. The van der Waals surface area contributed by atoms with Crippen molar-refractivity contribution in [3.8, 4) is 0 Å². The number of halogens is 3. The second-order valence-corrected chi connectivity index (χ2v) is 6.09. The molecule has 126 valence electrons. The Morgan fingerprint density at radius 2 is 2.17 bits per heavy atom. The van der Waals surface area contributed by atoms with Gasteiger partial charge in [-0.3, -0.25) is 14.8 Å². The number of H-pyrrole nitrogens is 1. The summed E-state index contributed by atoms with van der Waals surface area (Å²) in [5.74, 6) is 0.535. The monoisotopic (exact) mass is 328 g/mol. The number of nitrogens with one attached hydrogen (secondary N) is 1. The lowest BCUT2D eigenvalue weighted by atomic mass is 10.0. The quantitative estimate of drug-likeness (QED) is 0.939. The topological polar surface area (TPSA) is 53.4 Å². The van der Waals surface area contributed by atoms with E-state index in [1.54, 1.807) is 0 Å². The van der Waals surface area contributed by atoms with Crippen molar-refractivity contribution in [2.45, 2.75) is 38.9 Å². The summed E-state index contributed by atoms with van der Waals surface area (Å²) < 4.78 is 41.0. The van der Waals surface area contributed by atoms with Crippen molar-refractivity contribution < 1.29 is 13.2 Å². The Labute approximate surface area is 131 Å². The van der Waals surface area contributed by atoms with Crippen molar-refractivity contribution in [3.05, 3.63) is 33.9 Å². The second kappa shape index (κ2) is 5.99. The van der Waals surface area contributed by atoms with E-state index in [1.807, 2.05) is 4.90 Å². The molecule has 1 saturated heterocycles. The van der Waals surface area contributed by atoms with E-state index in [-0.39, 0.29) is 17.9 Å². The van der Waals surface area contributed by atoms with E-state index in [4.69, 9.17) is 0 Å². The van der Waals surface area contributed by atoms with Crippen LogP contribution in [0.3, 0.4) is 0 Å². The molecule has 8 heteroatoms. The van der Waals surface area contributed by atoms with Crippen LogP contribution < -0.4 is 5.56 Å². The van der Waals surface area contributed by atoms with Crippen LogP contribution in [0.5, 0.6) is 0 Å². The second-order valence-electron chi connectivity index (χ2n) is 6.09. The number of hydrogen-bond acceptors (Lipinski definition) is 3. The smallest absolute Gasteiger partial charge is 0.297 e. The van der Waals surface area contributed by atoms with Gasteiger partial charge in [0.15, 0.2) is 11.3 Å². The Hall–Kier alpha value is -1.83. The highest BCUT2D eigenvalue weighted by Gasteiger charge is 2.39. The lowest BCUT2D eigenvalue weighted by Gasteiger charge is -2.17. The minimum absolute atomic E-state index is 0.00217. The molecule has 0 aromatic carbocycles. The molecular formula is C15H19F3N4O. The molecule has 1 unspecified atom stereocenters. The van der Waals surface area contributed by atoms with Gasteiger partial charge in [-0.25, -0.2) is 9.50 Å². The number of alkyl halides is 3. The minimum atomic E-state index is -4.54. The maximum atomic E-state index is 13.3. The molecule has 3 heterocycles. The first kappa shape index (κ1) is 16.0. The van der Waals surface area contributed by atoms with Crippen LogP contribution in [0.25, 0.3) is 5.65 Å². The molecule has 23 heavy (non-hydrogen) atoms. The Morgan fingerprint density at radius 1 is 1.39 bits per heavy atom. The van der Waals surface area contributed by atoms with Crippen LogP contribution in [0.4, 0.5) is 13.2 Å². The normalized spacial score (nSPS) is 19.7. The van der Waals surface area contributed by atoms with Gasteiger partial charge in [0.25, 0.3) is 5.56 Å². The minimum Gasteiger partial charge on any atom is -0.297 e. The molecule has 1 atom stereocenters. The molecule has 5 nitrogen and oxygen atoms in total. The number of imidazole rings is 1. The van der Waals surface area contributed by atoms with Gasteiger partial charge in [0, 0.05) is 19.2 Å². The zero-order valence-electron chi connectivity index (χ0n) is 12.9. The van der Waals surface area contributed by atoms with Gasteiger partial charge in [-0.05, 0) is 31.4 Å². The molecule has 3 rings (SSSR count). The summed E-state index contributed by atoms with van der Waals surface area (Å²) >= 11 is 0. The number of nitrogens with zero attached hydrogens (tertiary/aromatic N) is 3. The van der Waals surface area contributed by atoms with Gasteiger partial charge in [-0.15, -0.1) is 0 Å². The van der Waals surface area contributed by atoms with Crippen molar-refractivity contribution >= 4 is 5.65 Å². The molecule has 1 aliphatic heterocycles. The van der Waals surface area contributed by atoms with Crippen molar-refractivity contribution in [1.82, 2.24) is 19.5 Å². The predicted molar refractivity (Wildman–Crippen MR) is 79.1 cm³/mol. The molecule has 0 radical (unpaired) electrons. The van der Waals surface area contributed by atoms with Gasteiger partial charge in [0.1, 0.15) is 0 Å². The van der Waals surface area contributed by atoms with Gasteiger partial charge in [0.05, 0.1) is 5.69 Å². The number of rotatable bonds is 4. The maximum Gasteiger partial charge on any atom is 0.435 e. The first-order valence-corrected chi connectivity index (χ1v) is 7.78.